The van der Waals surface area contributed by atoms with E-state index in [2.05, 4.69) is 4.98 Å². The van der Waals surface area contributed by atoms with Gasteiger partial charge in [0.2, 0.25) is 5.89 Å². The van der Waals surface area contributed by atoms with E-state index in [0.29, 0.717) is 11.1 Å². The molecule has 0 bridgehead atoms. The van der Waals surface area contributed by atoms with Gasteiger partial charge in [0.25, 0.3) is 0 Å². The van der Waals surface area contributed by atoms with Gasteiger partial charge >= 0.3 is 5.97 Å². The molecule has 0 spiro atoms. The number of furan rings is 1. The van der Waals surface area contributed by atoms with E-state index in [9.17, 15) is 4.79 Å². The van der Waals surface area contributed by atoms with Gasteiger partial charge in [0.15, 0.2) is 5.69 Å². The van der Waals surface area contributed by atoms with Gasteiger partial charge in [-0.05, 0) is 6.07 Å². The zero-order chi connectivity index (χ0) is 11.8. The summed E-state index contributed by atoms with van der Waals surface area (Å²) in [6, 6.07) is 7.40. The Labute approximate surface area is 95.3 Å². The van der Waals surface area contributed by atoms with Gasteiger partial charge in [-0.3, -0.25) is 0 Å². The molecule has 0 unspecified atom stereocenters. The van der Waals surface area contributed by atoms with Crippen LogP contribution in [0, 0.1) is 0 Å². The number of nitrogens with zero attached hydrogens (tertiary/aromatic N) is 1. The highest BCUT2D eigenvalue weighted by Gasteiger charge is 2.15. The van der Waals surface area contributed by atoms with Crippen LogP contribution < -0.4 is 0 Å². The first-order chi connectivity index (χ1) is 8.25. The van der Waals surface area contributed by atoms with Crippen LogP contribution in [0.4, 0.5) is 0 Å². The molecule has 17 heavy (non-hydrogen) atoms. The number of fused-ring (bicyclic) bond motifs is 1. The number of carboxylic acids is 1. The fourth-order valence-corrected chi connectivity index (χ4v) is 1.64. The van der Waals surface area contributed by atoms with Crippen LogP contribution in [-0.4, -0.2) is 16.1 Å². The van der Waals surface area contributed by atoms with E-state index in [4.69, 9.17) is 13.9 Å². The van der Waals surface area contributed by atoms with Crippen LogP contribution in [0.3, 0.4) is 0 Å². The van der Waals surface area contributed by atoms with Crippen molar-refractivity contribution in [2.24, 2.45) is 0 Å². The van der Waals surface area contributed by atoms with Gasteiger partial charge in [-0.2, -0.15) is 0 Å². The Kier molecular flexibility index (Phi) is 1.98. The topological polar surface area (TPSA) is 76.5 Å². The molecule has 0 aliphatic heterocycles. The Bertz CT molecular complexity index is 695. The highest BCUT2D eigenvalue weighted by Crippen LogP contribution is 2.29. The molecular formula is C12H7NO4. The Morgan fingerprint density at radius 2 is 2.00 bits per heavy atom. The van der Waals surface area contributed by atoms with E-state index < -0.39 is 5.97 Å². The molecule has 5 nitrogen and oxygen atoms in total. The van der Waals surface area contributed by atoms with Crippen LogP contribution in [0.5, 0.6) is 0 Å². The molecule has 0 amide bonds. The average Bonchev–Trinajstić information content (AvgIpc) is 2.95. The molecule has 3 aromatic rings. The molecule has 3 rings (SSSR count). The van der Waals surface area contributed by atoms with E-state index in [-0.39, 0.29) is 11.6 Å². The summed E-state index contributed by atoms with van der Waals surface area (Å²) in [5.74, 6) is -0.875. The molecule has 1 N–H and O–H groups in total. The van der Waals surface area contributed by atoms with Crippen molar-refractivity contribution < 1.29 is 18.7 Å². The third-order valence-electron chi connectivity index (χ3n) is 2.43. The smallest absolute Gasteiger partial charge is 0.357 e. The first kappa shape index (κ1) is 9.65. The lowest BCUT2D eigenvalue weighted by atomic mass is 10.2. The Balaban J connectivity index is 2.17. The summed E-state index contributed by atoms with van der Waals surface area (Å²) in [4.78, 5) is 14.6. The Hall–Kier alpha value is -2.56. The SMILES string of the molecule is O=C(O)c1coc(-c2coc3ccccc23)n1. The second-order valence-corrected chi connectivity index (χ2v) is 3.49. The lowest BCUT2D eigenvalue weighted by molar-refractivity contribution is 0.0690. The molecule has 5 heteroatoms. The number of hydrogen-bond donors (Lipinski definition) is 1. The fourth-order valence-electron chi connectivity index (χ4n) is 1.64. The minimum Gasteiger partial charge on any atom is -0.476 e. The second kappa shape index (κ2) is 3.48. The summed E-state index contributed by atoms with van der Waals surface area (Å²) in [5, 5.41) is 9.60. The van der Waals surface area contributed by atoms with Crippen molar-refractivity contribution in [2.45, 2.75) is 0 Å². The number of hydrogen-bond acceptors (Lipinski definition) is 4. The van der Waals surface area contributed by atoms with Gasteiger partial charge in [-0.1, -0.05) is 18.2 Å². The number of carbonyl (C=O) groups is 1. The summed E-state index contributed by atoms with van der Waals surface area (Å²) in [6.45, 7) is 0. The van der Waals surface area contributed by atoms with Gasteiger partial charge in [0.05, 0.1) is 5.56 Å². The van der Waals surface area contributed by atoms with Gasteiger partial charge in [0, 0.05) is 5.39 Å². The molecule has 0 atom stereocenters. The molecule has 0 saturated carbocycles. The van der Waals surface area contributed by atoms with Crippen LogP contribution in [0.1, 0.15) is 10.5 Å². The summed E-state index contributed by atoms with van der Waals surface area (Å²) < 4.78 is 10.5. The molecule has 0 aliphatic rings. The minimum absolute atomic E-state index is 0.120. The quantitative estimate of drug-likeness (QED) is 0.731. The summed E-state index contributed by atoms with van der Waals surface area (Å²) >= 11 is 0. The van der Waals surface area contributed by atoms with E-state index in [1.807, 2.05) is 24.3 Å². The van der Waals surface area contributed by atoms with E-state index in [1.165, 1.54) is 6.26 Å². The fraction of sp³-hybridized carbons (Fsp3) is 0. The lowest BCUT2D eigenvalue weighted by Gasteiger charge is -1.89. The molecule has 0 radical (unpaired) electrons. The van der Waals surface area contributed by atoms with Gasteiger partial charge in [-0.25, -0.2) is 9.78 Å². The number of aromatic carboxylic acids is 1. The average molecular weight is 229 g/mol. The molecule has 0 aliphatic carbocycles. The third kappa shape index (κ3) is 1.48. The zero-order valence-electron chi connectivity index (χ0n) is 8.58. The normalized spacial score (nSPS) is 10.8. The predicted octanol–water partition coefficient (Wildman–Crippen LogP) is 2.79. The maximum atomic E-state index is 10.7. The Morgan fingerprint density at radius 1 is 1.18 bits per heavy atom. The van der Waals surface area contributed by atoms with Crippen molar-refractivity contribution in [2.75, 3.05) is 0 Å². The molecule has 84 valence electrons. The van der Waals surface area contributed by atoms with Crippen molar-refractivity contribution in [3.05, 3.63) is 42.5 Å². The highest BCUT2D eigenvalue weighted by atomic mass is 16.4. The van der Waals surface area contributed by atoms with Crippen LogP contribution in [0.2, 0.25) is 0 Å². The molecule has 2 aromatic heterocycles. The number of para-hydroxylation sites is 1. The first-order valence-electron chi connectivity index (χ1n) is 4.91. The maximum absolute atomic E-state index is 10.7. The van der Waals surface area contributed by atoms with Crippen LogP contribution in [-0.2, 0) is 0 Å². The van der Waals surface area contributed by atoms with Crippen LogP contribution >= 0.6 is 0 Å². The van der Waals surface area contributed by atoms with Crippen LogP contribution in [0.15, 0.2) is 45.6 Å². The predicted molar refractivity (Wildman–Crippen MR) is 58.7 cm³/mol. The summed E-state index contributed by atoms with van der Waals surface area (Å²) in [5.41, 5.74) is 1.23. The third-order valence-corrected chi connectivity index (χ3v) is 2.43. The number of carboxylic acid groups (broad SMARTS) is 1. The standard InChI is InChI=1S/C12H7NO4/c14-12(15)9-6-17-11(13-9)8-5-16-10-4-2-1-3-7(8)10/h1-6H,(H,14,15). The van der Waals surface area contributed by atoms with Crippen molar-refractivity contribution in [3.8, 4) is 11.5 Å². The number of aromatic nitrogens is 1. The van der Waals surface area contributed by atoms with Crippen molar-refractivity contribution in [1.82, 2.24) is 4.98 Å². The minimum atomic E-state index is -1.12. The number of rotatable bonds is 2. The Morgan fingerprint density at radius 3 is 2.76 bits per heavy atom. The number of oxazole rings is 1. The zero-order valence-corrected chi connectivity index (χ0v) is 8.58. The molecule has 0 fully saturated rings. The first-order valence-corrected chi connectivity index (χ1v) is 4.91. The van der Waals surface area contributed by atoms with Gasteiger partial charge < -0.3 is 13.9 Å². The van der Waals surface area contributed by atoms with E-state index in [1.54, 1.807) is 0 Å². The van der Waals surface area contributed by atoms with Crippen LogP contribution in [0.25, 0.3) is 22.4 Å². The molecule has 0 saturated heterocycles. The largest absolute Gasteiger partial charge is 0.476 e. The van der Waals surface area contributed by atoms with Gasteiger partial charge in [0.1, 0.15) is 18.1 Å². The van der Waals surface area contributed by atoms with Crippen molar-refractivity contribution in [1.29, 1.82) is 0 Å². The molecule has 1 aromatic carbocycles. The van der Waals surface area contributed by atoms with Crippen molar-refractivity contribution in [3.63, 3.8) is 0 Å². The monoisotopic (exact) mass is 229 g/mol. The molecular weight excluding hydrogens is 222 g/mol. The number of benzene rings is 1. The summed E-state index contributed by atoms with van der Waals surface area (Å²) in [6.07, 6.45) is 2.61. The van der Waals surface area contributed by atoms with E-state index >= 15 is 0 Å². The van der Waals surface area contributed by atoms with Gasteiger partial charge in [-0.15, -0.1) is 0 Å². The maximum Gasteiger partial charge on any atom is 0.357 e. The second-order valence-electron chi connectivity index (χ2n) is 3.49. The van der Waals surface area contributed by atoms with E-state index in [0.717, 1.165) is 11.6 Å². The highest BCUT2D eigenvalue weighted by molar-refractivity contribution is 5.92. The molecule has 2 heterocycles. The van der Waals surface area contributed by atoms with Crippen molar-refractivity contribution >= 4 is 16.9 Å². The lowest BCUT2D eigenvalue weighted by Crippen LogP contribution is -1.95. The summed E-state index contributed by atoms with van der Waals surface area (Å²) in [7, 11) is 0.